The van der Waals surface area contributed by atoms with Crippen LogP contribution in [0.4, 0.5) is 0 Å². The molecule has 0 aliphatic carbocycles. The average molecular weight is 1510 g/mol. The predicted octanol–water partition coefficient (Wildman–Crippen LogP) is 25.7. The van der Waals surface area contributed by atoms with Crippen molar-refractivity contribution in [3.8, 4) is 0 Å². The number of unbranched alkanes of at least 4 members (excludes halogenated alkanes) is 59. The first-order valence-electron chi connectivity index (χ1n) is 43.8. The molecule has 612 valence electrons. The van der Waals surface area contributed by atoms with Gasteiger partial charge < -0.3 is 33.8 Å². The van der Waals surface area contributed by atoms with Crippen molar-refractivity contribution in [2.45, 2.75) is 476 Å². The summed E-state index contributed by atoms with van der Waals surface area (Å²) in [4.78, 5) is 73.1. The summed E-state index contributed by atoms with van der Waals surface area (Å²) in [6.07, 6.45) is 72.2. The van der Waals surface area contributed by atoms with E-state index in [-0.39, 0.29) is 25.7 Å². The van der Waals surface area contributed by atoms with Crippen LogP contribution in [-0.4, -0.2) is 96.7 Å². The second-order valence-corrected chi connectivity index (χ2v) is 33.1. The zero-order valence-electron chi connectivity index (χ0n) is 67.3. The molecule has 5 atom stereocenters. The van der Waals surface area contributed by atoms with E-state index in [9.17, 15) is 43.2 Å². The highest BCUT2D eigenvalue weighted by Crippen LogP contribution is 2.45. The Bertz CT molecular complexity index is 1950. The number of ether oxygens (including phenoxy) is 4. The van der Waals surface area contributed by atoms with Gasteiger partial charge in [0.1, 0.15) is 19.3 Å². The Labute approximate surface area is 632 Å². The molecule has 0 aliphatic heterocycles. The molecule has 19 heteroatoms. The van der Waals surface area contributed by atoms with E-state index < -0.39 is 97.5 Å². The van der Waals surface area contributed by atoms with E-state index in [2.05, 4.69) is 27.7 Å². The SMILES string of the molecule is CCCCCCCCCCCCCCCCCCCCCCCCC(=O)O[C@H](COC(=O)CCCCCCCCCCCCCCCCCC)COP(=O)(O)OC[C@@H](O)COP(=O)(O)OC[C@@H](COC(=O)CCCCCCCCCCCC)OC(=O)CCCCCCCCCCCCCCCCC. The first-order valence-corrected chi connectivity index (χ1v) is 46.8. The molecule has 0 aliphatic rings. The first kappa shape index (κ1) is 101. The van der Waals surface area contributed by atoms with Crippen LogP contribution in [0.1, 0.15) is 458 Å². The number of aliphatic hydroxyl groups excluding tert-OH is 1. The van der Waals surface area contributed by atoms with Crippen LogP contribution in [0.2, 0.25) is 0 Å². The zero-order chi connectivity index (χ0) is 75.3. The van der Waals surface area contributed by atoms with Crippen molar-refractivity contribution in [2.24, 2.45) is 0 Å². The maximum Gasteiger partial charge on any atom is 0.472 e. The van der Waals surface area contributed by atoms with E-state index in [0.29, 0.717) is 25.7 Å². The smallest absolute Gasteiger partial charge is 0.462 e. The molecule has 0 heterocycles. The van der Waals surface area contributed by atoms with E-state index in [0.717, 1.165) is 89.9 Å². The highest BCUT2D eigenvalue weighted by Gasteiger charge is 2.30. The molecule has 0 bridgehead atoms. The maximum atomic E-state index is 13.1. The zero-order valence-corrected chi connectivity index (χ0v) is 69.1. The average Bonchev–Trinajstić information content (AvgIpc) is 0.911. The van der Waals surface area contributed by atoms with Gasteiger partial charge in [0.15, 0.2) is 12.2 Å². The standard InChI is InChI=1S/C84H164O17P2/c1-5-9-13-17-21-25-29-32-35-37-38-39-40-41-42-45-48-51-55-59-63-67-71-84(89)101-80(75-95-82(87)69-65-61-57-53-49-46-44-36-33-30-26-22-18-14-10-6-2)77-99-103(92,93)97-73-78(85)72-96-102(90,91)98-76-79(74-94-81(86)68-64-60-56-52-28-24-20-16-12-8-4)100-83(88)70-66-62-58-54-50-47-43-34-31-27-23-19-15-11-7-3/h78-80,85H,5-77H2,1-4H3,(H,90,91)(H,92,93)/t78-,79+,80+/m0/s1. The third-order valence-electron chi connectivity index (χ3n) is 19.9. The molecule has 2 unspecified atom stereocenters. The molecule has 0 radical (unpaired) electrons. The second-order valence-electron chi connectivity index (χ2n) is 30.2. The van der Waals surface area contributed by atoms with Gasteiger partial charge in [0.25, 0.3) is 0 Å². The van der Waals surface area contributed by atoms with E-state index in [4.69, 9.17) is 37.0 Å². The summed E-state index contributed by atoms with van der Waals surface area (Å²) in [6, 6.07) is 0. The maximum absolute atomic E-state index is 13.1. The minimum absolute atomic E-state index is 0.109. The van der Waals surface area contributed by atoms with Crippen molar-refractivity contribution in [3.05, 3.63) is 0 Å². The highest BCUT2D eigenvalue weighted by molar-refractivity contribution is 7.47. The van der Waals surface area contributed by atoms with Gasteiger partial charge in [0.05, 0.1) is 26.4 Å². The molecule has 0 saturated carbocycles. The molecule has 0 saturated heterocycles. The van der Waals surface area contributed by atoms with E-state index in [1.807, 2.05) is 0 Å². The number of phosphoric ester groups is 2. The summed E-state index contributed by atoms with van der Waals surface area (Å²) >= 11 is 0. The number of esters is 4. The topological polar surface area (TPSA) is 237 Å². The molecule has 103 heavy (non-hydrogen) atoms. The number of rotatable bonds is 85. The molecule has 0 aromatic heterocycles. The molecule has 0 aromatic carbocycles. The lowest BCUT2D eigenvalue weighted by Gasteiger charge is -2.21. The number of carbonyl (C=O) groups excluding carboxylic acids is 4. The number of phosphoric acid groups is 2. The minimum atomic E-state index is -4.96. The molecule has 3 N–H and O–H groups in total. The molecule has 0 spiro atoms. The molecule has 0 rings (SSSR count). The Balaban J connectivity index is 5.21. The fourth-order valence-corrected chi connectivity index (χ4v) is 14.7. The summed E-state index contributed by atoms with van der Waals surface area (Å²) in [5.74, 6) is -2.10. The number of hydrogen-bond acceptors (Lipinski definition) is 15. The summed E-state index contributed by atoms with van der Waals surface area (Å²) in [5, 5.41) is 10.7. The van der Waals surface area contributed by atoms with Gasteiger partial charge in [0, 0.05) is 25.7 Å². The van der Waals surface area contributed by atoms with Gasteiger partial charge in [-0.15, -0.1) is 0 Å². The van der Waals surface area contributed by atoms with Crippen LogP contribution in [0.15, 0.2) is 0 Å². The van der Waals surface area contributed by atoms with Gasteiger partial charge in [-0.2, -0.15) is 0 Å². The lowest BCUT2D eigenvalue weighted by atomic mass is 10.0. The van der Waals surface area contributed by atoms with E-state index in [1.54, 1.807) is 0 Å². The normalized spacial score (nSPS) is 13.7. The summed E-state index contributed by atoms with van der Waals surface area (Å²) in [7, 11) is -9.92. The van der Waals surface area contributed by atoms with Gasteiger partial charge in [0.2, 0.25) is 0 Å². The van der Waals surface area contributed by atoms with Crippen LogP contribution in [-0.2, 0) is 65.4 Å². The summed E-state index contributed by atoms with van der Waals surface area (Å²) in [6.45, 7) is 5.04. The molecule has 17 nitrogen and oxygen atoms in total. The quantitative estimate of drug-likeness (QED) is 0.0222. The van der Waals surface area contributed by atoms with Crippen molar-refractivity contribution >= 4 is 39.5 Å². The van der Waals surface area contributed by atoms with Crippen molar-refractivity contribution in [1.29, 1.82) is 0 Å². The number of hydrogen-bond donors (Lipinski definition) is 3. The van der Waals surface area contributed by atoms with Crippen LogP contribution in [0.25, 0.3) is 0 Å². The Morgan fingerprint density at radius 3 is 0.573 bits per heavy atom. The number of carbonyl (C=O) groups is 4. The molecular weight excluding hydrogens is 1340 g/mol. The first-order chi connectivity index (χ1) is 50.2. The van der Waals surface area contributed by atoms with Crippen LogP contribution < -0.4 is 0 Å². The predicted molar refractivity (Wildman–Crippen MR) is 423 cm³/mol. The van der Waals surface area contributed by atoms with Crippen molar-refractivity contribution in [2.75, 3.05) is 39.6 Å². The molecule has 0 amide bonds. The van der Waals surface area contributed by atoms with Gasteiger partial charge in [-0.25, -0.2) is 9.13 Å². The third-order valence-corrected chi connectivity index (χ3v) is 21.8. The van der Waals surface area contributed by atoms with Gasteiger partial charge in [-0.05, 0) is 25.7 Å². The lowest BCUT2D eigenvalue weighted by Crippen LogP contribution is -2.30. The Kier molecular flexibility index (Phi) is 76.7. The Hall–Kier alpha value is -1.94. The van der Waals surface area contributed by atoms with Gasteiger partial charge in [-0.3, -0.25) is 37.3 Å². The number of aliphatic hydroxyl groups is 1. The van der Waals surface area contributed by atoms with Crippen molar-refractivity contribution in [3.63, 3.8) is 0 Å². The molecule has 0 aromatic rings. The van der Waals surface area contributed by atoms with Crippen LogP contribution in [0.5, 0.6) is 0 Å². The minimum Gasteiger partial charge on any atom is -0.462 e. The van der Waals surface area contributed by atoms with Crippen LogP contribution in [0.3, 0.4) is 0 Å². The fourth-order valence-electron chi connectivity index (χ4n) is 13.2. The highest BCUT2D eigenvalue weighted by atomic mass is 31.2. The van der Waals surface area contributed by atoms with Crippen LogP contribution >= 0.6 is 15.6 Å². The Morgan fingerprint density at radius 1 is 0.233 bits per heavy atom. The third kappa shape index (κ3) is 78.0. The molecule has 0 fully saturated rings. The van der Waals surface area contributed by atoms with E-state index >= 15 is 0 Å². The summed E-state index contributed by atoms with van der Waals surface area (Å²) < 4.78 is 68.8. The fraction of sp³-hybridized carbons (Fsp3) is 0.952. The van der Waals surface area contributed by atoms with Gasteiger partial charge >= 0.3 is 39.5 Å². The van der Waals surface area contributed by atoms with Gasteiger partial charge in [-0.1, -0.05) is 407 Å². The summed E-state index contributed by atoms with van der Waals surface area (Å²) in [5.41, 5.74) is 0. The van der Waals surface area contributed by atoms with Crippen LogP contribution in [0, 0.1) is 0 Å². The lowest BCUT2D eigenvalue weighted by molar-refractivity contribution is -0.161. The van der Waals surface area contributed by atoms with Crippen molar-refractivity contribution < 1.29 is 80.2 Å². The van der Waals surface area contributed by atoms with E-state index in [1.165, 1.54) is 289 Å². The second kappa shape index (κ2) is 78.2. The van der Waals surface area contributed by atoms with Crippen molar-refractivity contribution in [1.82, 2.24) is 0 Å². The largest absolute Gasteiger partial charge is 0.472 e. The monoisotopic (exact) mass is 1510 g/mol. The Morgan fingerprint density at radius 2 is 0.388 bits per heavy atom. The molecular formula is C84H164O17P2.